The van der Waals surface area contributed by atoms with E-state index in [1.165, 1.54) is 24.3 Å². The highest BCUT2D eigenvalue weighted by molar-refractivity contribution is 5.98. The summed E-state index contributed by atoms with van der Waals surface area (Å²) in [6, 6.07) is 14.1. The molecule has 3 rings (SSSR count). The summed E-state index contributed by atoms with van der Waals surface area (Å²) in [5, 5.41) is 11.9. The van der Waals surface area contributed by atoms with Crippen molar-refractivity contribution in [1.29, 1.82) is 0 Å². The van der Waals surface area contributed by atoms with Gasteiger partial charge in [-0.25, -0.2) is 9.78 Å². The van der Waals surface area contributed by atoms with Crippen molar-refractivity contribution in [3.8, 4) is 11.3 Å². The fraction of sp³-hybridized carbons (Fsp3) is 0.208. The van der Waals surface area contributed by atoms with Crippen molar-refractivity contribution in [2.45, 2.75) is 32.4 Å². The lowest BCUT2D eigenvalue weighted by Crippen LogP contribution is -2.35. The van der Waals surface area contributed by atoms with E-state index < -0.39 is 29.0 Å². The van der Waals surface area contributed by atoms with Gasteiger partial charge in [-0.1, -0.05) is 30.3 Å². The summed E-state index contributed by atoms with van der Waals surface area (Å²) in [4.78, 5) is 28.7. The molecule has 2 N–H and O–H groups in total. The fourth-order valence-electron chi connectivity index (χ4n) is 3.17. The molecule has 0 fully saturated rings. The van der Waals surface area contributed by atoms with Crippen LogP contribution in [0.3, 0.4) is 0 Å². The maximum Gasteiger partial charge on any atom is 0.416 e. The molecular weight excluding hydrogens is 421 g/mol. The minimum Gasteiger partial charge on any atom is -0.478 e. The van der Waals surface area contributed by atoms with Gasteiger partial charge in [0.2, 0.25) is 5.91 Å². The Labute approximate surface area is 182 Å². The van der Waals surface area contributed by atoms with Gasteiger partial charge in [-0.05, 0) is 62.2 Å². The third-order valence-corrected chi connectivity index (χ3v) is 5.22. The number of anilines is 1. The number of carbonyl (C=O) groups excluding carboxylic acids is 1. The highest BCUT2D eigenvalue weighted by atomic mass is 19.4. The molecule has 1 aromatic heterocycles. The molecule has 0 aliphatic rings. The first-order valence-corrected chi connectivity index (χ1v) is 9.70. The number of aromatic carboxylic acids is 1. The smallest absolute Gasteiger partial charge is 0.416 e. The second kappa shape index (κ2) is 8.45. The molecule has 8 heteroatoms. The molecule has 0 aliphatic heterocycles. The Morgan fingerprint density at radius 2 is 1.56 bits per heavy atom. The first-order valence-electron chi connectivity index (χ1n) is 9.70. The number of amides is 1. The maximum absolute atomic E-state index is 12.9. The lowest BCUT2D eigenvalue weighted by molar-refractivity contribution is -0.137. The number of benzene rings is 2. The second-order valence-electron chi connectivity index (χ2n) is 7.90. The summed E-state index contributed by atoms with van der Waals surface area (Å²) >= 11 is 0. The van der Waals surface area contributed by atoms with Crippen LogP contribution < -0.4 is 5.32 Å². The summed E-state index contributed by atoms with van der Waals surface area (Å²) < 4.78 is 38.5. The van der Waals surface area contributed by atoms with Crippen LogP contribution in [0.4, 0.5) is 19.0 Å². The number of aryl methyl sites for hydroxylation is 1. The van der Waals surface area contributed by atoms with Gasteiger partial charge in [-0.15, -0.1) is 0 Å². The molecule has 0 atom stereocenters. The summed E-state index contributed by atoms with van der Waals surface area (Å²) in [6.45, 7) is 5.03. The number of carboxylic acid groups (broad SMARTS) is 1. The molecule has 0 saturated heterocycles. The van der Waals surface area contributed by atoms with Crippen LogP contribution in [0.25, 0.3) is 11.3 Å². The van der Waals surface area contributed by atoms with Crippen molar-refractivity contribution in [3.05, 3.63) is 82.9 Å². The summed E-state index contributed by atoms with van der Waals surface area (Å²) in [6.07, 6.45) is -4.45. The van der Waals surface area contributed by atoms with Crippen LogP contribution in [0, 0.1) is 6.92 Å². The third-order valence-electron chi connectivity index (χ3n) is 5.22. The van der Waals surface area contributed by atoms with E-state index in [2.05, 4.69) is 10.3 Å². The lowest BCUT2D eigenvalue weighted by atomic mass is 9.83. The Morgan fingerprint density at radius 1 is 0.938 bits per heavy atom. The summed E-state index contributed by atoms with van der Waals surface area (Å²) in [5.74, 6) is -1.26. The molecule has 0 radical (unpaired) electrons. The minimum absolute atomic E-state index is 0.113. The summed E-state index contributed by atoms with van der Waals surface area (Å²) in [7, 11) is 0. The predicted octanol–water partition coefficient (Wildman–Crippen LogP) is 5.69. The van der Waals surface area contributed by atoms with E-state index in [1.54, 1.807) is 38.1 Å². The molecule has 1 amide bonds. The fourth-order valence-corrected chi connectivity index (χ4v) is 3.17. The Balaban J connectivity index is 1.87. The number of rotatable bonds is 5. The Kier molecular flexibility index (Phi) is 6.07. The van der Waals surface area contributed by atoms with Crippen LogP contribution in [0.15, 0.2) is 60.7 Å². The van der Waals surface area contributed by atoms with Crippen molar-refractivity contribution >= 4 is 17.7 Å². The molecule has 166 valence electrons. The Bertz CT molecular complexity index is 1170. The number of carbonyl (C=O) groups is 2. The van der Waals surface area contributed by atoms with E-state index in [0.717, 1.165) is 17.7 Å². The number of aromatic nitrogens is 1. The van der Waals surface area contributed by atoms with Crippen LogP contribution in [-0.2, 0) is 16.4 Å². The molecular formula is C24H21F3N2O3. The normalized spacial score (nSPS) is 11.8. The number of halogens is 3. The van der Waals surface area contributed by atoms with Gasteiger partial charge in [0.05, 0.1) is 22.2 Å². The summed E-state index contributed by atoms with van der Waals surface area (Å²) in [5.41, 5.74) is 0.503. The van der Waals surface area contributed by atoms with Crippen LogP contribution in [0.2, 0.25) is 0 Å². The minimum atomic E-state index is -4.45. The van der Waals surface area contributed by atoms with Gasteiger partial charge in [0.15, 0.2) is 0 Å². The highest BCUT2D eigenvalue weighted by Gasteiger charge is 2.33. The van der Waals surface area contributed by atoms with Crippen molar-refractivity contribution in [1.82, 2.24) is 4.98 Å². The van der Waals surface area contributed by atoms with E-state index in [1.807, 2.05) is 6.92 Å². The standard InChI is InChI=1S/C24H21F3N2O3/c1-14-7-12-19(28-20(14)15-5-4-6-16(13-15)21(30)31)29-22(32)23(2,3)17-8-10-18(11-9-17)24(25,26)27/h4-13H,1-3H3,(H,30,31)(H,28,29,32). The van der Waals surface area contributed by atoms with Gasteiger partial charge in [0, 0.05) is 5.56 Å². The molecule has 3 aromatic rings. The number of nitrogens with one attached hydrogen (secondary N) is 1. The van der Waals surface area contributed by atoms with E-state index in [9.17, 15) is 27.9 Å². The second-order valence-corrected chi connectivity index (χ2v) is 7.90. The van der Waals surface area contributed by atoms with Gasteiger partial charge in [0.1, 0.15) is 5.82 Å². The monoisotopic (exact) mass is 442 g/mol. The van der Waals surface area contributed by atoms with E-state index in [4.69, 9.17) is 0 Å². The number of nitrogens with zero attached hydrogens (tertiary/aromatic N) is 1. The molecule has 0 bridgehead atoms. The quantitative estimate of drug-likeness (QED) is 0.532. The number of carboxylic acids is 1. The SMILES string of the molecule is Cc1ccc(NC(=O)C(C)(C)c2ccc(C(F)(F)F)cc2)nc1-c1cccc(C(=O)O)c1. The average molecular weight is 442 g/mol. The van der Waals surface area contributed by atoms with Crippen LogP contribution in [0.1, 0.15) is 40.9 Å². The largest absolute Gasteiger partial charge is 0.478 e. The molecule has 0 spiro atoms. The number of hydrogen-bond acceptors (Lipinski definition) is 3. The zero-order valence-electron chi connectivity index (χ0n) is 17.6. The molecule has 1 heterocycles. The highest BCUT2D eigenvalue weighted by Crippen LogP contribution is 2.32. The van der Waals surface area contributed by atoms with Gasteiger partial charge >= 0.3 is 12.1 Å². The van der Waals surface area contributed by atoms with Crippen LogP contribution >= 0.6 is 0 Å². The lowest BCUT2D eigenvalue weighted by Gasteiger charge is -2.24. The van der Waals surface area contributed by atoms with E-state index in [0.29, 0.717) is 16.8 Å². The number of alkyl halides is 3. The van der Waals surface area contributed by atoms with Crippen molar-refractivity contribution in [2.75, 3.05) is 5.32 Å². The van der Waals surface area contributed by atoms with Gasteiger partial charge in [-0.2, -0.15) is 13.2 Å². The van der Waals surface area contributed by atoms with E-state index in [-0.39, 0.29) is 11.4 Å². The number of hydrogen-bond donors (Lipinski definition) is 2. The first kappa shape index (κ1) is 23.0. The zero-order chi connectivity index (χ0) is 23.7. The Hall–Kier alpha value is -3.68. The van der Waals surface area contributed by atoms with Gasteiger partial charge < -0.3 is 10.4 Å². The van der Waals surface area contributed by atoms with Crippen molar-refractivity contribution in [3.63, 3.8) is 0 Å². The van der Waals surface area contributed by atoms with E-state index >= 15 is 0 Å². The van der Waals surface area contributed by atoms with Crippen LogP contribution in [-0.4, -0.2) is 22.0 Å². The van der Waals surface area contributed by atoms with Crippen molar-refractivity contribution in [2.24, 2.45) is 0 Å². The molecule has 0 unspecified atom stereocenters. The van der Waals surface area contributed by atoms with Gasteiger partial charge in [-0.3, -0.25) is 4.79 Å². The molecule has 0 aliphatic carbocycles. The third kappa shape index (κ3) is 4.80. The maximum atomic E-state index is 12.9. The van der Waals surface area contributed by atoms with Gasteiger partial charge in [0.25, 0.3) is 0 Å². The molecule has 5 nitrogen and oxygen atoms in total. The topological polar surface area (TPSA) is 79.3 Å². The predicted molar refractivity (Wildman–Crippen MR) is 114 cm³/mol. The van der Waals surface area contributed by atoms with Crippen molar-refractivity contribution < 1.29 is 27.9 Å². The zero-order valence-corrected chi connectivity index (χ0v) is 17.6. The molecule has 2 aromatic carbocycles. The molecule has 0 saturated carbocycles. The average Bonchev–Trinajstić information content (AvgIpc) is 2.74. The first-order chi connectivity index (χ1) is 14.9. The van der Waals surface area contributed by atoms with Crippen LogP contribution in [0.5, 0.6) is 0 Å². The molecule has 32 heavy (non-hydrogen) atoms. The Morgan fingerprint density at radius 3 is 2.16 bits per heavy atom. The number of pyridine rings is 1.